The average molecular weight is 392 g/mol. The molecule has 3 aromatic rings. The number of hydrogen-bond acceptors (Lipinski definition) is 4. The third-order valence-electron chi connectivity index (χ3n) is 5.76. The fourth-order valence-corrected chi connectivity index (χ4v) is 4.17. The molecule has 0 unspecified atom stereocenters. The van der Waals surface area contributed by atoms with Crippen molar-refractivity contribution < 1.29 is 19.0 Å². The van der Waals surface area contributed by atoms with Gasteiger partial charge in [-0.25, -0.2) is 0 Å². The van der Waals surface area contributed by atoms with Crippen LogP contribution in [0, 0.1) is 5.92 Å². The van der Waals surface area contributed by atoms with Gasteiger partial charge in [-0.2, -0.15) is 0 Å². The molecule has 1 aromatic heterocycles. The Bertz CT molecular complexity index is 1020. The van der Waals surface area contributed by atoms with Crippen LogP contribution in [-0.4, -0.2) is 42.3 Å². The highest BCUT2D eigenvalue weighted by atomic mass is 16.7. The van der Waals surface area contributed by atoms with Crippen molar-refractivity contribution in [2.75, 3.05) is 26.6 Å². The van der Waals surface area contributed by atoms with E-state index in [2.05, 4.69) is 17.1 Å². The van der Waals surface area contributed by atoms with Crippen LogP contribution in [0.15, 0.2) is 48.7 Å². The molecule has 6 heteroatoms. The number of aromatic nitrogens is 1. The Morgan fingerprint density at radius 1 is 1.10 bits per heavy atom. The summed E-state index contributed by atoms with van der Waals surface area (Å²) in [5.41, 5.74) is 3.32. The SMILES string of the molecule is O=C([C@H]1CCOC1)N(CCc1c[nH]c2ccccc12)Cc1cccc2c1OCO2. The van der Waals surface area contributed by atoms with Gasteiger partial charge in [-0.1, -0.05) is 30.3 Å². The molecular weight excluding hydrogens is 368 g/mol. The lowest BCUT2D eigenvalue weighted by molar-refractivity contribution is -0.136. The number of amides is 1. The molecule has 1 N–H and O–H groups in total. The van der Waals surface area contributed by atoms with Crippen LogP contribution in [0.2, 0.25) is 0 Å². The number of para-hydroxylation sites is 2. The summed E-state index contributed by atoms with van der Waals surface area (Å²) < 4.78 is 16.6. The van der Waals surface area contributed by atoms with Crippen molar-refractivity contribution in [3.8, 4) is 11.5 Å². The number of benzene rings is 2. The number of rotatable bonds is 6. The van der Waals surface area contributed by atoms with Gasteiger partial charge in [0.2, 0.25) is 12.7 Å². The van der Waals surface area contributed by atoms with Gasteiger partial charge in [0.05, 0.1) is 12.5 Å². The van der Waals surface area contributed by atoms with Crippen molar-refractivity contribution >= 4 is 16.8 Å². The van der Waals surface area contributed by atoms with E-state index in [0.29, 0.717) is 26.3 Å². The fraction of sp³-hybridized carbons (Fsp3) is 0.348. The first kappa shape index (κ1) is 18.1. The van der Waals surface area contributed by atoms with Gasteiger partial charge >= 0.3 is 0 Å². The minimum atomic E-state index is -0.0631. The Kier molecular flexibility index (Phi) is 4.86. The molecule has 1 amide bonds. The molecule has 150 valence electrons. The fourth-order valence-electron chi connectivity index (χ4n) is 4.17. The predicted octanol–water partition coefficient (Wildman–Crippen LogP) is 3.50. The summed E-state index contributed by atoms with van der Waals surface area (Å²) in [6.45, 7) is 2.54. The van der Waals surface area contributed by atoms with Gasteiger partial charge in [0.15, 0.2) is 11.5 Å². The lowest BCUT2D eigenvalue weighted by Gasteiger charge is -2.26. The van der Waals surface area contributed by atoms with Gasteiger partial charge in [-0.05, 0) is 30.5 Å². The van der Waals surface area contributed by atoms with E-state index < -0.39 is 0 Å². The molecule has 0 spiro atoms. The van der Waals surface area contributed by atoms with Crippen LogP contribution in [0.25, 0.3) is 10.9 Å². The Morgan fingerprint density at radius 3 is 2.93 bits per heavy atom. The van der Waals surface area contributed by atoms with E-state index in [0.717, 1.165) is 35.4 Å². The second-order valence-electron chi connectivity index (χ2n) is 7.58. The van der Waals surface area contributed by atoms with Crippen LogP contribution in [0.1, 0.15) is 17.5 Å². The van der Waals surface area contributed by atoms with Crippen LogP contribution in [0.3, 0.4) is 0 Å². The van der Waals surface area contributed by atoms with Crippen molar-refractivity contribution in [2.24, 2.45) is 5.92 Å². The summed E-state index contributed by atoms with van der Waals surface area (Å²) in [7, 11) is 0. The minimum absolute atomic E-state index is 0.0631. The zero-order chi connectivity index (χ0) is 19.6. The third kappa shape index (κ3) is 3.56. The van der Waals surface area contributed by atoms with Crippen molar-refractivity contribution in [2.45, 2.75) is 19.4 Å². The molecule has 3 heterocycles. The van der Waals surface area contributed by atoms with Gasteiger partial charge in [-0.3, -0.25) is 4.79 Å². The van der Waals surface area contributed by atoms with E-state index in [1.54, 1.807) is 0 Å². The summed E-state index contributed by atoms with van der Waals surface area (Å²) in [6, 6.07) is 14.1. The Balaban J connectivity index is 1.38. The van der Waals surface area contributed by atoms with Crippen LogP contribution in [0.5, 0.6) is 11.5 Å². The first-order chi connectivity index (χ1) is 14.3. The smallest absolute Gasteiger partial charge is 0.231 e. The molecule has 0 saturated carbocycles. The van der Waals surface area contributed by atoms with Gasteiger partial charge in [0.1, 0.15) is 0 Å². The topological polar surface area (TPSA) is 63.8 Å². The van der Waals surface area contributed by atoms with E-state index in [1.807, 2.05) is 41.4 Å². The van der Waals surface area contributed by atoms with Crippen molar-refractivity contribution in [3.63, 3.8) is 0 Å². The first-order valence-electron chi connectivity index (χ1n) is 10.1. The zero-order valence-corrected chi connectivity index (χ0v) is 16.2. The molecule has 0 radical (unpaired) electrons. The number of aromatic amines is 1. The van der Waals surface area contributed by atoms with E-state index in [4.69, 9.17) is 14.2 Å². The molecule has 1 saturated heterocycles. The molecule has 1 atom stereocenters. The van der Waals surface area contributed by atoms with Crippen LogP contribution in [0.4, 0.5) is 0 Å². The minimum Gasteiger partial charge on any atom is -0.454 e. The highest BCUT2D eigenvalue weighted by Crippen LogP contribution is 2.36. The number of carbonyl (C=O) groups excluding carboxylic acids is 1. The molecule has 6 nitrogen and oxygen atoms in total. The van der Waals surface area contributed by atoms with Crippen LogP contribution in [-0.2, 0) is 22.5 Å². The molecule has 1 fully saturated rings. The maximum absolute atomic E-state index is 13.2. The van der Waals surface area contributed by atoms with Gasteiger partial charge in [0, 0.05) is 42.4 Å². The lowest BCUT2D eigenvalue weighted by Crippen LogP contribution is -2.37. The summed E-state index contributed by atoms with van der Waals surface area (Å²) >= 11 is 0. The molecule has 29 heavy (non-hydrogen) atoms. The standard InChI is InChI=1S/C23H24N2O4/c26-23(18-9-11-27-14-18)25(13-17-4-3-7-21-22(17)29-15-28-21)10-8-16-12-24-20-6-2-1-5-19(16)20/h1-7,12,18,24H,8-11,13-15H2/t18-/m0/s1. The summed E-state index contributed by atoms with van der Waals surface area (Å²) in [6.07, 6.45) is 3.62. The van der Waals surface area contributed by atoms with E-state index >= 15 is 0 Å². The van der Waals surface area contributed by atoms with E-state index in [1.165, 1.54) is 10.9 Å². The Hall–Kier alpha value is -2.99. The van der Waals surface area contributed by atoms with Gasteiger partial charge < -0.3 is 24.1 Å². The van der Waals surface area contributed by atoms with Crippen molar-refractivity contribution in [1.82, 2.24) is 9.88 Å². The number of hydrogen-bond donors (Lipinski definition) is 1. The second-order valence-corrected chi connectivity index (χ2v) is 7.58. The largest absolute Gasteiger partial charge is 0.454 e. The molecule has 2 aliphatic rings. The normalized spacial score (nSPS) is 17.7. The number of H-pyrrole nitrogens is 1. The van der Waals surface area contributed by atoms with Crippen LogP contribution >= 0.6 is 0 Å². The predicted molar refractivity (Wildman–Crippen MR) is 109 cm³/mol. The number of nitrogens with one attached hydrogen (secondary N) is 1. The highest BCUT2D eigenvalue weighted by Gasteiger charge is 2.29. The van der Waals surface area contributed by atoms with Crippen molar-refractivity contribution in [1.29, 1.82) is 0 Å². The molecule has 2 aromatic carbocycles. The molecule has 5 rings (SSSR count). The molecule has 2 aliphatic heterocycles. The van der Waals surface area contributed by atoms with Gasteiger partial charge in [-0.15, -0.1) is 0 Å². The average Bonchev–Trinajstić information content (AvgIpc) is 3.51. The lowest BCUT2D eigenvalue weighted by atomic mass is 10.0. The number of ether oxygens (including phenoxy) is 3. The number of nitrogens with zero attached hydrogens (tertiary/aromatic N) is 1. The Morgan fingerprint density at radius 2 is 2.03 bits per heavy atom. The maximum Gasteiger partial charge on any atom is 0.231 e. The maximum atomic E-state index is 13.2. The summed E-state index contributed by atoms with van der Waals surface area (Å²) in [5.74, 6) is 1.58. The van der Waals surface area contributed by atoms with E-state index in [9.17, 15) is 4.79 Å². The number of fused-ring (bicyclic) bond motifs is 2. The highest BCUT2D eigenvalue weighted by molar-refractivity contribution is 5.83. The first-order valence-corrected chi connectivity index (χ1v) is 10.1. The molecular formula is C23H24N2O4. The van der Waals surface area contributed by atoms with E-state index in [-0.39, 0.29) is 18.6 Å². The van der Waals surface area contributed by atoms with Crippen LogP contribution < -0.4 is 9.47 Å². The second kappa shape index (κ2) is 7.79. The summed E-state index contributed by atoms with van der Waals surface area (Å²) in [5, 5.41) is 1.21. The third-order valence-corrected chi connectivity index (χ3v) is 5.76. The number of carbonyl (C=O) groups is 1. The Labute approximate surface area is 169 Å². The quantitative estimate of drug-likeness (QED) is 0.697. The molecule has 0 bridgehead atoms. The van der Waals surface area contributed by atoms with Crippen molar-refractivity contribution in [3.05, 3.63) is 59.8 Å². The summed E-state index contributed by atoms with van der Waals surface area (Å²) in [4.78, 5) is 18.5. The molecule has 0 aliphatic carbocycles. The monoisotopic (exact) mass is 392 g/mol. The zero-order valence-electron chi connectivity index (χ0n) is 16.2. The van der Waals surface area contributed by atoms with Gasteiger partial charge in [0.25, 0.3) is 0 Å².